The molecular weight excluding hydrogens is 339 g/mol. The molecule has 0 spiro atoms. The molecule has 1 aliphatic heterocycles. The van der Waals surface area contributed by atoms with Crippen LogP contribution in [-0.2, 0) is 0 Å². The van der Waals surface area contributed by atoms with Gasteiger partial charge >= 0.3 is 51.4 Å². The number of fused-ring (bicyclic) bond motifs is 1. The van der Waals surface area contributed by atoms with Gasteiger partial charge in [0.05, 0.1) is 10.6 Å². The van der Waals surface area contributed by atoms with Crippen molar-refractivity contribution in [1.29, 1.82) is 5.26 Å². The normalized spacial score (nSPS) is 11.5. The average Bonchev–Trinajstić information content (AvgIpc) is 2.54. The monoisotopic (exact) mass is 348 g/mol. The van der Waals surface area contributed by atoms with E-state index in [0.29, 0.717) is 17.1 Å². The van der Waals surface area contributed by atoms with Crippen molar-refractivity contribution >= 4 is 22.9 Å². The average molecular weight is 348 g/mol. The minimum atomic E-state index is -0.529. The Bertz CT molecular complexity index is 911. The number of aliphatic imine (C=N–C) groups is 1. The number of nitrogens with one attached hydrogen (secondary N) is 2. The van der Waals surface area contributed by atoms with Crippen LogP contribution in [0.3, 0.4) is 0 Å². The van der Waals surface area contributed by atoms with Gasteiger partial charge in [0.15, 0.2) is 11.6 Å². The number of nitriles is 1. The summed E-state index contributed by atoms with van der Waals surface area (Å²) in [4.78, 5) is 26.1. The second kappa shape index (κ2) is 7.60. The third-order valence-electron chi connectivity index (χ3n) is 3.16. The number of hydrogen-bond donors (Lipinski definition) is 2. The number of rotatable bonds is 2. The summed E-state index contributed by atoms with van der Waals surface area (Å²) in [5.74, 6) is 0.255. The summed E-state index contributed by atoms with van der Waals surface area (Å²) in [6.07, 6.45) is 4.64. The first-order valence-electron chi connectivity index (χ1n) is 6.43. The molecule has 0 aliphatic carbocycles. The molecule has 1 aromatic carbocycles. The maximum Gasteiger partial charge on any atom is 1.00 e. The molecule has 0 amide bonds. The fraction of sp³-hybridized carbons (Fsp3) is 0. The maximum atomic E-state index is 11.3. The van der Waals surface area contributed by atoms with Gasteiger partial charge in [0.2, 0.25) is 0 Å². The van der Waals surface area contributed by atoms with Crippen molar-refractivity contribution < 1.29 is 56.3 Å². The molecule has 2 aromatic rings. The predicted molar refractivity (Wildman–Crippen MR) is 82.5 cm³/mol. The van der Waals surface area contributed by atoms with E-state index in [4.69, 9.17) is 5.26 Å². The molecule has 1 aromatic heterocycles. The van der Waals surface area contributed by atoms with E-state index in [0.717, 1.165) is 0 Å². The molecule has 2 heterocycles. The Morgan fingerprint density at radius 2 is 2.08 bits per heavy atom. The van der Waals surface area contributed by atoms with E-state index in [2.05, 4.69) is 15.6 Å². The fourth-order valence-corrected chi connectivity index (χ4v) is 2.13. The fourth-order valence-electron chi connectivity index (χ4n) is 2.13. The minimum absolute atomic E-state index is 0. The van der Waals surface area contributed by atoms with Crippen molar-refractivity contribution in [2.75, 3.05) is 5.32 Å². The number of benzene rings is 1. The van der Waals surface area contributed by atoms with E-state index in [1.165, 1.54) is 41.7 Å². The number of pyridine rings is 1. The number of amidine groups is 1. The van der Waals surface area contributed by atoms with Crippen LogP contribution in [0.15, 0.2) is 46.4 Å². The summed E-state index contributed by atoms with van der Waals surface area (Å²) in [5.41, 5.74) is 0.817. The van der Waals surface area contributed by atoms with Crippen molar-refractivity contribution in [2.45, 2.75) is 0 Å². The molecular formula is C14H9KN6O3. The van der Waals surface area contributed by atoms with Gasteiger partial charge in [0.25, 0.3) is 5.69 Å². The van der Waals surface area contributed by atoms with Crippen LogP contribution in [0, 0.1) is 28.1 Å². The first kappa shape index (κ1) is 18.2. The molecule has 3 rings (SSSR count). The zero-order valence-electron chi connectivity index (χ0n) is 12.6. The van der Waals surface area contributed by atoms with Crippen molar-refractivity contribution in [3.63, 3.8) is 0 Å². The Morgan fingerprint density at radius 1 is 1.38 bits per heavy atom. The summed E-state index contributed by atoms with van der Waals surface area (Å²) in [7, 11) is 0. The second-order valence-corrected chi connectivity index (χ2v) is 4.58. The molecule has 1 aliphatic rings. The molecule has 0 saturated carbocycles. The van der Waals surface area contributed by atoms with Gasteiger partial charge in [-0.2, -0.15) is 5.26 Å². The van der Waals surface area contributed by atoms with Crippen molar-refractivity contribution in [3.8, 4) is 11.9 Å². The van der Waals surface area contributed by atoms with Crippen LogP contribution in [0.4, 0.5) is 17.1 Å². The molecule has 0 radical (unpaired) electrons. The predicted octanol–water partition coefficient (Wildman–Crippen LogP) is -1.56. The molecule has 114 valence electrons. The van der Waals surface area contributed by atoms with Crippen molar-refractivity contribution in [2.24, 2.45) is 4.99 Å². The number of hydrogen-bond acceptors (Lipinski definition) is 7. The van der Waals surface area contributed by atoms with E-state index in [1.807, 2.05) is 0 Å². The van der Waals surface area contributed by atoms with E-state index in [9.17, 15) is 14.9 Å². The Morgan fingerprint density at radius 3 is 2.71 bits per heavy atom. The second-order valence-electron chi connectivity index (χ2n) is 4.58. The topological polar surface area (TPSA) is 125 Å². The van der Waals surface area contributed by atoms with Crippen molar-refractivity contribution in [3.05, 3.63) is 63.5 Å². The number of aromatic nitrogens is 1. The summed E-state index contributed by atoms with van der Waals surface area (Å²) in [6.45, 7) is 1.48. The Labute approximate surface area is 178 Å². The van der Waals surface area contributed by atoms with Gasteiger partial charge in [-0.25, -0.2) is 6.54 Å². The standard InChI is InChI=1S/C14H9N6O3.K/c15-8-17-14-7-16-10-5-12(19-3-1-9(21)2-4-19)13(20(22)23)6-11(10)18-14;/h1-7,16H,(H,17,18);/q-1;+1. The maximum absolute atomic E-state index is 11.3. The quantitative estimate of drug-likeness (QED) is 0.169. The van der Waals surface area contributed by atoms with Crippen LogP contribution in [0.2, 0.25) is 0 Å². The summed E-state index contributed by atoms with van der Waals surface area (Å²) >= 11 is 0. The summed E-state index contributed by atoms with van der Waals surface area (Å²) in [6, 6.07) is 5.49. The molecule has 24 heavy (non-hydrogen) atoms. The Hall–Kier alpha value is -2.16. The van der Waals surface area contributed by atoms with Crippen LogP contribution in [0.1, 0.15) is 0 Å². The van der Waals surface area contributed by atoms with E-state index >= 15 is 0 Å². The number of nitro groups is 1. The van der Waals surface area contributed by atoms with Crippen LogP contribution in [0.25, 0.3) is 5.69 Å². The SMILES string of the molecule is N#CNC1=Nc2cc([N+](=O)[O-])c(-n3ccc(=O)cc3)cc2N[CH-]1.[K+]. The van der Waals surface area contributed by atoms with E-state index in [1.54, 1.807) is 12.3 Å². The largest absolute Gasteiger partial charge is 1.00 e. The summed E-state index contributed by atoms with van der Waals surface area (Å²) in [5, 5.41) is 25.2. The first-order valence-corrected chi connectivity index (χ1v) is 6.43. The molecule has 0 bridgehead atoms. The molecule has 2 N–H and O–H groups in total. The van der Waals surface area contributed by atoms with E-state index < -0.39 is 4.92 Å². The molecule has 10 heteroatoms. The van der Waals surface area contributed by atoms with Gasteiger partial charge in [0, 0.05) is 36.3 Å². The van der Waals surface area contributed by atoms with Crippen LogP contribution in [-0.4, -0.2) is 15.3 Å². The first-order chi connectivity index (χ1) is 11.1. The van der Waals surface area contributed by atoms with Gasteiger partial charge in [-0.1, -0.05) is 0 Å². The van der Waals surface area contributed by atoms with Gasteiger partial charge < -0.3 is 15.2 Å². The van der Waals surface area contributed by atoms with Crippen molar-refractivity contribution in [1.82, 2.24) is 9.88 Å². The number of nitro benzene ring substituents is 1. The van der Waals surface area contributed by atoms with Gasteiger partial charge in [0.1, 0.15) is 5.69 Å². The molecule has 0 atom stereocenters. The Balaban J connectivity index is 0.00000208. The number of nitrogens with zero attached hydrogens (tertiary/aromatic N) is 4. The smallest absolute Gasteiger partial charge is 0.511 e. The van der Waals surface area contributed by atoms with Crippen LogP contribution < -0.4 is 67.4 Å². The number of anilines is 1. The molecule has 0 fully saturated rings. The van der Waals surface area contributed by atoms with Crippen LogP contribution in [0.5, 0.6) is 0 Å². The zero-order valence-corrected chi connectivity index (χ0v) is 15.7. The third-order valence-corrected chi connectivity index (χ3v) is 3.16. The molecule has 0 unspecified atom stereocenters. The molecule has 0 saturated heterocycles. The van der Waals surface area contributed by atoms with Gasteiger partial charge in [-0.05, 0) is 11.9 Å². The minimum Gasteiger partial charge on any atom is -0.511 e. The molecule has 9 nitrogen and oxygen atoms in total. The van der Waals surface area contributed by atoms with Gasteiger partial charge in [-0.15, -0.1) is 0 Å². The summed E-state index contributed by atoms with van der Waals surface area (Å²) < 4.78 is 1.48. The Kier molecular flexibility index (Phi) is 5.76. The zero-order chi connectivity index (χ0) is 16.4. The van der Waals surface area contributed by atoms with Crippen LogP contribution >= 0.6 is 0 Å². The third kappa shape index (κ3) is 3.66. The van der Waals surface area contributed by atoms with E-state index in [-0.39, 0.29) is 68.3 Å². The van der Waals surface area contributed by atoms with Gasteiger partial charge in [-0.3, -0.25) is 19.9 Å².